The lowest BCUT2D eigenvalue weighted by Crippen LogP contribution is -2.52. The molecule has 5 N–H and O–H groups in total. The van der Waals surface area contributed by atoms with Crippen molar-refractivity contribution in [2.24, 2.45) is 11.5 Å². The Balaban J connectivity index is 0.000000189. The van der Waals surface area contributed by atoms with Crippen LogP contribution in [0.5, 0.6) is 0 Å². The molecule has 2 aliphatic carbocycles. The zero-order valence-corrected chi connectivity index (χ0v) is 52.8. The first-order valence-electron chi connectivity index (χ1n) is 28.9. The SMILES string of the molecule is CC(C)N1CCN(C(N)=S)CC1.CC(C)N1CCN(C(N)=S)CC1.CC(C)N1CCN(c2nc(C3(c4ccc(Cl)cc4)CCCCC3)cs2)CC1.CC(C)N1CCNCC1.O=C(CCl)C1(c2ccc(Cl)cc2)CCCCC1. The first kappa shape index (κ1) is 65.4. The minimum absolute atomic E-state index is 0.0668. The summed E-state index contributed by atoms with van der Waals surface area (Å²) < 4.78 is 0. The summed E-state index contributed by atoms with van der Waals surface area (Å²) in [7, 11) is 0. The van der Waals surface area contributed by atoms with E-state index in [1.54, 1.807) is 0 Å². The second-order valence-corrected chi connectivity index (χ2v) is 25.6. The van der Waals surface area contributed by atoms with E-state index < -0.39 is 0 Å². The zero-order valence-electron chi connectivity index (χ0n) is 48.1. The van der Waals surface area contributed by atoms with Gasteiger partial charge in [-0.15, -0.1) is 22.9 Å². The van der Waals surface area contributed by atoms with Crippen LogP contribution in [0.3, 0.4) is 0 Å². The van der Waals surface area contributed by atoms with Gasteiger partial charge >= 0.3 is 0 Å². The Bertz CT molecular complexity index is 2130. The lowest BCUT2D eigenvalue weighted by Gasteiger charge is -2.38. The van der Waals surface area contributed by atoms with Crippen LogP contribution in [0, 0.1) is 0 Å². The van der Waals surface area contributed by atoms with Crippen LogP contribution in [0.25, 0.3) is 0 Å². The number of benzene rings is 2. The Morgan fingerprint density at radius 3 is 1.32 bits per heavy atom. The number of nitrogens with two attached hydrogens (primary N) is 2. The fourth-order valence-electron chi connectivity index (χ4n) is 11.6. The molecule has 0 radical (unpaired) electrons. The van der Waals surface area contributed by atoms with Gasteiger partial charge in [0.2, 0.25) is 0 Å². The van der Waals surface area contributed by atoms with Crippen LogP contribution in [0.1, 0.15) is 136 Å². The number of hydrogen-bond donors (Lipinski definition) is 3. The number of halogens is 3. The molecule has 5 heterocycles. The van der Waals surface area contributed by atoms with Crippen molar-refractivity contribution in [3.8, 4) is 0 Å². The van der Waals surface area contributed by atoms with Gasteiger partial charge in [-0.25, -0.2) is 4.98 Å². The molecular formula is C59H96Cl3N11OS3. The number of ketones is 1. The maximum absolute atomic E-state index is 12.2. The van der Waals surface area contributed by atoms with Crippen LogP contribution in [-0.2, 0) is 15.6 Å². The third kappa shape index (κ3) is 19.6. The quantitative estimate of drug-likeness (QED) is 0.132. The van der Waals surface area contributed by atoms with Gasteiger partial charge in [0.15, 0.2) is 21.1 Å². The first-order chi connectivity index (χ1) is 36.8. The highest BCUT2D eigenvalue weighted by Crippen LogP contribution is 2.46. The topological polar surface area (TPSA) is 117 Å². The van der Waals surface area contributed by atoms with Crippen molar-refractivity contribution < 1.29 is 4.79 Å². The fourth-order valence-corrected chi connectivity index (χ4v) is 13.4. The summed E-state index contributed by atoms with van der Waals surface area (Å²) in [6, 6.07) is 18.8. The van der Waals surface area contributed by atoms with Crippen LogP contribution in [0.2, 0.25) is 10.0 Å². The molecule has 77 heavy (non-hydrogen) atoms. The van der Waals surface area contributed by atoms with Gasteiger partial charge < -0.3 is 31.5 Å². The van der Waals surface area contributed by atoms with Crippen LogP contribution >= 0.6 is 70.6 Å². The minimum atomic E-state index is -0.357. The van der Waals surface area contributed by atoms with Crippen LogP contribution in [0.4, 0.5) is 5.13 Å². The van der Waals surface area contributed by atoms with E-state index in [1.165, 1.54) is 68.0 Å². The predicted octanol–water partition coefficient (Wildman–Crippen LogP) is 10.7. The Morgan fingerprint density at radius 1 is 0.571 bits per heavy atom. The third-order valence-corrected chi connectivity index (χ3v) is 18.9. The average molecular weight is 1180 g/mol. The Labute approximate surface area is 495 Å². The van der Waals surface area contributed by atoms with E-state index in [9.17, 15) is 4.79 Å². The molecule has 9 rings (SSSR count). The Morgan fingerprint density at radius 2 is 0.948 bits per heavy atom. The molecule has 0 unspecified atom stereocenters. The molecule has 2 aromatic carbocycles. The number of alkyl halides is 1. The molecule has 0 amide bonds. The maximum Gasteiger partial charge on any atom is 0.185 e. The molecule has 2 saturated carbocycles. The number of anilines is 1. The molecule has 4 aliphatic heterocycles. The summed E-state index contributed by atoms with van der Waals surface area (Å²) >= 11 is 29.5. The van der Waals surface area contributed by atoms with Crippen LogP contribution in [0.15, 0.2) is 53.9 Å². The molecule has 18 heteroatoms. The summed E-state index contributed by atoms with van der Waals surface area (Å²) in [4.78, 5) is 33.9. The maximum atomic E-state index is 12.2. The van der Waals surface area contributed by atoms with Crippen LogP contribution in [-0.4, -0.2) is 185 Å². The van der Waals surface area contributed by atoms with E-state index in [0.29, 0.717) is 33.4 Å². The summed E-state index contributed by atoms with van der Waals surface area (Å²) in [6.07, 6.45) is 11.5. The molecular weight excluding hydrogens is 1080 g/mol. The van der Waals surface area contributed by atoms with Crippen molar-refractivity contribution in [2.45, 2.75) is 155 Å². The van der Waals surface area contributed by atoms with Gasteiger partial charge in [0, 0.05) is 150 Å². The lowest BCUT2D eigenvalue weighted by atomic mass is 9.67. The predicted molar refractivity (Wildman–Crippen MR) is 338 cm³/mol. The van der Waals surface area contributed by atoms with Gasteiger partial charge in [-0.05, 0) is 141 Å². The number of carbonyl (C=O) groups excluding carboxylic acids is 1. The Hall–Kier alpha value is -2.41. The van der Waals surface area contributed by atoms with Gasteiger partial charge in [-0.2, -0.15) is 0 Å². The second-order valence-electron chi connectivity index (χ2n) is 22.8. The summed E-state index contributed by atoms with van der Waals surface area (Å²) in [5.41, 5.74) is 14.5. The van der Waals surface area contributed by atoms with Gasteiger partial charge in [-0.1, -0.05) is 86.0 Å². The van der Waals surface area contributed by atoms with E-state index in [4.69, 9.17) is 75.7 Å². The van der Waals surface area contributed by atoms with Crippen molar-refractivity contribution in [1.82, 2.24) is 39.7 Å². The van der Waals surface area contributed by atoms with Crippen molar-refractivity contribution >= 4 is 91.7 Å². The second kappa shape index (κ2) is 32.9. The number of aromatic nitrogens is 1. The zero-order chi connectivity index (χ0) is 56.1. The molecule has 1 aromatic heterocycles. The largest absolute Gasteiger partial charge is 0.376 e. The summed E-state index contributed by atoms with van der Waals surface area (Å²) in [5, 5.41) is 9.45. The number of thiazole rings is 1. The normalized spacial score (nSPS) is 20.5. The van der Waals surface area contributed by atoms with E-state index in [1.807, 2.05) is 47.7 Å². The number of nitrogens with zero attached hydrogens (tertiary/aromatic N) is 8. The summed E-state index contributed by atoms with van der Waals surface area (Å²) in [6.45, 7) is 35.4. The fraction of sp³-hybridized carbons (Fsp3) is 0.695. The number of nitrogens with one attached hydrogen (secondary N) is 1. The smallest absolute Gasteiger partial charge is 0.185 e. The molecule has 4 saturated heterocycles. The molecule has 12 nitrogen and oxygen atoms in total. The first-order valence-corrected chi connectivity index (χ1v) is 31.9. The van der Waals surface area contributed by atoms with E-state index in [-0.39, 0.29) is 22.5 Å². The number of carbonyl (C=O) groups is 1. The Kier molecular flexibility index (Phi) is 27.9. The highest BCUT2D eigenvalue weighted by Gasteiger charge is 2.41. The number of rotatable bonds is 10. The monoisotopic (exact) mass is 1180 g/mol. The van der Waals surface area contributed by atoms with Crippen molar-refractivity contribution in [3.63, 3.8) is 0 Å². The molecule has 0 bridgehead atoms. The molecule has 3 aromatic rings. The van der Waals surface area contributed by atoms with E-state index >= 15 is 0 Å². The number of piperazine rings is 4. The molecule has 6 fully saturated rings. The molecule has 6 aliphatic rings. The average Bonchev–Trinajstić information content (AvgIpc) is 3.97. The van der Waals surface area contributed by atoms with Gasteiger partial charge in [-0.3, -0.25) is 24.4 Å². The van der Waals surface area contributed by atoms with Gasteiger partial charge in [0.25, 0.3) is 0 Å². The summed E-state index contributed by atoms with van der Waals surface area (Å²) in [5.74, 6) is 0.254. The van der Waals surface area contributed by atoms with Gasteiger partial charge in [0.05, 0.1) is 17.0 Å². The minimum Gasteiger partial charge on any atom is -0.376 e. The number of thiocarbonyl (C=S) groups is 2. The van der Waals surface area contributed by atoms with Crippen molar-refractivity contribution in [1.29, 1.82) is 0 Å². The number of Topliss-reactive ketones (excluding diaryl/α,β-unsaturated/α-hetero) is 1. The van der Waals surface area contributed by atoms with Crippen molar-refractivity contribution in [2.75, 3.05) is 115 Å². The van der Waals surface area contributed by atoms with E-state index in [0.717, 1.165) is 134 Å². The van der Waals surface area contributed by atoms with Crippen molar-refractivity contribution in [3.05, 3.63) is 80.8 Å². The molecule has 0 spiro atoms. The molecule has 0 atom stereocenters. The third-order valence-electron chi connectivity index (χ3n) is 16.8. The number of hydrogen-bond acceptors (Lipinski definition) is 11. The highest BCUT2D eigenvalue weighted by molar-refractivity contribution is 7.80. The van der Waals surface area contributed by atoms with Crippen LogP contribution < -0.4 is 21.7 Å². The highest BCUT2D eigenvalue weighted by atomic mass is 35.5. The van der Waals surface area contributed by atoms with E-state index in [2.05, 4.69) is 113 Å². The molecule has 432 valence electrons. The standard InChI is InChI=1S/C22H30ClN3S.C14H16Cl2O.2C8H17N3S.C7H16N2/c1-17(2)25-12-14-26(15-13-25)21-24-20(16-27-21)22(10-4-3-5-11-22)18-6-8-19(23)9-7-18;15-10-13(17)14(8-2-1-3-9-14)11-4-6-12(16)7-5-11;2*1-7(2)10-3-5-11(6-4-10)8(9)12;1-7(2)9-5-3-8-4-6-9/h6-9,16-17H,3-5,10-15H2,1-2H3;4-7H,1-3,8-10H2;2*7H,3-6H2,1-2H3,(H2,9,12);7-8H,3-6H2,1-2H3. The van der Waals surface area contributed by atoms with Gasteiger partial charge in [0.1, 0.15) is 0 Å². The lowest BCUT2D eigenvalue weighted by molar-refractivity contribution is -0.123.